The molecule has 2 rings (SSSR count). The van der Waals surface area contributed by atoms with Gasteiger partial charge in [0.1, 0.15) is 18.3 Å². The van der Waals surface area contributed by atoms with E-state index in [1.54, 1.807) is 0 Å². The Morgan fingerprint density at radius 2 is 1.72 bits per heavy atom. The third-order valence-electron chi connectivity index (χ3n) is 5.06. The first-order chi connectivity index (χ1) is 11.7. The third kappa shape index (κ3) is 4.74. The van der Waals surface area contributed by atoms with E-state index in [-0.39, 0.29) is 42.1 Å². The van der Waals surface area contributed by atoms with E-state index < -0.39 is 0 Å². The predicted molar refractivity (Wildman–Crippen MR) is 94.5 cm³/mol. The molecule has 0 aromatic rings. The second-order valence-corrected chi connectivity index (χ2v) is 7.03. The highest BCUT2D eigenvalue weighted by Gasteiger charge is 2.40. The van der Waals surface area contributed by atoms with Gasteiger partial charge in [-0.3, -0.25) is 9.59 Å². The standard InChI is InChI=1S/C20H28O5/c1-11-7-8-18(24-15(5)21)12(2)9-20-17(13(3)14(4)23-20)10-19(11)25-16(6)22/h7,9,13,17-20H,4,8,10H2,1-3,5-6H3. The lowest BCUT2D eigenvalue weighted by Crippen LogP contribution is -2.29. The number of carbonyl (C=O) groups is 2. The maximum absolute atomic E-state index is 11.5. The zero-order valence-corrected chi connectivity index (χ0v) is 15.7. The highest BCUT2D eigenvalue weighted by atomic mass is 16.5. The summed E-state index contributed by atoms with van der Waals surface area (Å²) in [6.07, 6.45) is 4.41. The molecule has 0 N–H and O–H groups in total. The molecule has 0 aromatic carbocycles. The summed E-state index contributed by atoms with van der Waals surface area (Å²) in [5.41, 5.74) is 1.92. The molecule has 1 heterocycles. The van der Waals surface area contributed by atoms with Crippen molar-refractivity contribution in [1.29, 1.82) is 0 Å². The molecule has 0 radical (unpaired) electrons. The summed E-state index contributed by atoms with van der Waals surface area (Å²) in [7, 11) is 0. The van der Waals surface area contributed by atoms with Gasteiger partial charge in [0.05, 0.1) is 5.76 Å². The largest absolute Gasteiger partial charge is 0.491 e. The summed E-state index contributed by atoms with van der Waals surface area (Å²) in [5.74, 6) is 0.419. The number of rotatable bonds is 2. The fourth-order valence-corrected chi connectivity index (χ4v) is 3.48. The van der Waals surface area contributed by atoms with Crippen molar-refractivity contribution in [3.05, 3.63) is 35.6 Å². The number of esters is 2. The Hall–Kier alpha value is -2.04. The van der Waals surface area contributed by atoms with E-state index in [4.69, 9.17) is 14.2 Å². The van der Waals surface area contributed by atoms with Gasteiger partial charge in [-0.15, -0.1) is 0 Å². The van der Waals surface area contributed by atoms with E-state index in [0.29, 0.717) is 12.8 Å². The third-order valence-corrected chi connectivity index (χ3v) is 5.06. The van der Waals surface area contributed by atoms with Crippen LogP contribution in [0.5, 0.6) is 0 Å². The molecule has 0 bridgehead atoms. The van der Waals surface area contributed by atoms with Gasteiger partial charge in [0.2, 0.25) is 0 Å². The monoisotopic (exact) mass is 348 g/mol. The summed E-state index contributed by atoms with van der Waals surface area (Å²) < 4.78 is 17.0. The van der Waals surface area contributed by atoms with Crippen molar-refractivity contribution >= 4 is 11.9 Å². The summed E-state index contributed by atoms with van der Waals surface area (Å²) in [4.78, 5) is 23.0. The van der Waals surface area contributed by atoms with Crippen LogP contribution >= 0.6 is 0 Å². The van der Waals surface area contributed by atoms with Crippen LogP contribution in [0.2, 0.25) is 0 Å². The Morgan fingerprint density at radius 3 is 2.32 bits per heavy atom. The van der Waals surface area contributed by atoms with Crippen LogP contribution in [0.1, 0.15) is 47.5 Å². The zero-order chi connectivity index (χ0) is 18.7. The van der Waals surface area contributed by atoms with Gasteiger partial charge in [-0.25, -0.2) is 0 Å². The Balaban J connectivity index is 2.40. The molecule has 1 saturated heterocycles. The minimum atomic E-state index is -0.350. The van der Waals surface area contributed by atoms with Crippen LogP contribution in [0.25, 0.3) is 0 Å². The van der Waals surface area contributed by atoms with Gasteiger partial charge in [0.15, 0.2) is 0 Å². The van der Waals surface area contributed by atoms with E-state index in [1.165, 1.54) is 13.8 Å². The second-order valence-electron chi connectivity index (χ2n) is 7.03. The van der Waals surface area contributed by atoms with Crippen LogP contribution < -0.4 is 0 Å². The molecule has 25 heavy (non-hydrogen) atoms. The second kappa shape index (κ2) is 7.89. The smallest absolute Gasteiger partial charge is 0.303 e. The molecule has 5 atom stereocenters. The predicted octanol–water partition coefficient (Wildman–Crippen LogP) is 3.70. The molecular weight excluding hydrogens is 320 g/mol. The van der Waals surface area contributed by atoms with Crippen molar-refractivity contribution in [3.63, 3.8) is 0 Å². The number of ether oxygens (including phenoxy) is 3. The van der Waals surface area contributed by atoms with Crippen molar-refractivity contribution in [1.82, 2.24) is 0 Å². The zero-order valence-electron chi connectivity index (χ0n) is 15.7. The highest BCUT2D eigenvalue weighted by molar-refractivity contribution is 5.67. The average molecular weight is 348 g/mol. The normalized spacial score (nSPS) is 32.7. The molecule has 2 aliphatic rings. The average Bonchev–Trinajstić information content (AvgIpc) is 2.76. The lowest BCUT2D eigenvalue weighted by molar-refractivity contribution is -0.145. The number of hydrogen-bond donors (Lipinski definition) is 0. The highest BCUT2D eigenvalue weighted by Crippen LogP contribution is 2.40. The van der Waals surface area contributed by atoms with Gasteiger partial charge in [0.25, 0.3) is 0 Å². The van der Waals surface area contributed by atoms with Crippen molar-refractivity contribution in [2.24, 2.45) is 11.8 Å². The number of carbonyl (C=O) groups excluding carboxylic acids is 2. The molecule has 1 fully saturated rings. The van der Waals surface area contributed by atoms with Gasteiger partial charge in [-0.05, 0) is 37.5 Å². The summed E-state index contributed by atoms with van der Waals surface area (Å²) >= 11 is 0. The van der Waals surface area contributed by atoms with Crippen molar-refractivity contribution < 1.29 is 23.8 Å². The molecule has 0 saturated carbocycles. The Kier molecular flexibility index (Phi) is 6.09. The van der Waals surface area contributed by atoms with Crippen LogP contribution in [-0.2, 0) is 23.8 Å². The van der Waals surface area contributed by atoms with Gasteiger partial charge >= 0.3 is 11.9 Å². The van der Waals surface area contributed by atoms with Gasteiger partial charge in [0, 0.05) is 32.1 Å². The molecule has 5 nitrogen and oxygen atoms in total. The lowest BCUT2D eigenvalue weighted by atomic mass is 9.82. The summed E-state index contributed by atoms with van der Waals surface area (Å²) in [6, 6.07) is 0. The first-order valence-corrected chi connectivity index (χ1v) is 8.74. The van der Waals surface area contributed by atoms with E-state index in [2.05, 4.69) is 13.5 Å². The van der Waals surface area contributed by atoms with Crippen molar-refractivity contribution in [2.75, 3.05) is 0 Å². The van der Waals surface area contributed by atoms with Crippen LogP contribution in [0.15, 0.2) is 35.6 Å². The molecule has 5 heteroatoms. The summed E-state index contributed by atoms with van der Waals surface area (Å²) in [6.45, 7) is 12.8. The van der Waals surface area contributed by atoms with E-state index in [1.807, 2.05) is 26.0 Å². The topological polar surface area (TPSA) is 61.8 Å². The molecule has 1 aliphatic heterocycles. The van der Waals surface area contributed by atoms with Gasteiger partial charge < -0.3 is 14.2 Å². The fourth-order valence-electron chi connectivity index (χ4n) is 3.48. The molecule has 0 spiro atoms. The molecule has 138 valence electrons. The maximum atomic E-state index is 11.5. The number of hydrogen-bond acceptors (Lipinski definition) is 5. The van der Waals surface area contributed by atoms with Crippen LogP contribution in [0.3, 0.4) is 0 Å². The number of allylic oxidation sites excluding steroid dienone is 1. The molecule has 1 aliphatic carbocycles. The van der Waals surface area contributed by atoms with Crippen molar-refractivity contribution in [2.45, 2.75) is 65.8 Å². The minimum absolute atomic E-state index is 0.145. The van der Waals surface area contributed by atoms with Crippen LogP contribution in [0.4, 0.5) is 0 Å². The summed E-state index contributed by atoms with van der Waals surface area (Å²) in [5, 5.41) is 0. The van der Waals surface area contributed by atoms with Crippen LogP contribution in [-0.4, -0.2) is 30.3 Å². The lowest BCUT2D eigenvalue weighted by Gasteiger charge is -2.27. The van der Waals surface area contributed by atoms with E-state index >= 15 is 0 Å². The molecule has 5 unspecified atom stereocenters. The Morgan fingerprint density at radius 1 is 1.12 bits per heavy atom. The quantitative estimate of drug-likeness (QED) is 0.562. The fraction of sp³-hybridized carbons (Fsp3) is 0.600. The molecule has 0 amide bonds. The Bertz CT molecular complexity index is 616. The van der Waals surface area contributed by atoms with Crippen molar-refractivity contribution in [3.8, 4) is 0 Å². The van der Waals surface area contributed by atoms with E-state index in [9.17, 15) is 9.59 Å². The SMILES string of the molecule is C=C1OC2C=C(C)C(OC(C)=O)CC=C(C)C(OC(C)=O)CC2C1C. The first kappa shape index (κ1) is 19.3. The van der Waals surface area contributed by atoms with E-state index in [0.717, 1.165) is 16.9 Å². The van der Waals surface area contributed by atoms with Gasteiger partial charge in [-0.2, -0.15) is 0 Å². The van der Waals surface area contributed by atoms with Gasteiger partial charge in [-0.1, -0.05) is 19.6 Å². The molecule has 0 aromatic heterocycles. The first-order valence-electron chi connectivity index (χ1n) is 8.74. The molecular formula is C20H28O5. The number of fused-ring (bicyclic) bond motifs is 1. The maximum Gasteiger partial charge on any atom is 0.303 e. The van der Waals surface area contributed by atoms with Crippen LogP contribution in [0, 0.1) is 11.8 Å². The Labute approximate surface area is 149 Å². The minimum Gasteiger partial charge on any atom is -0.491 e.